The summed E-state index contributed by atoms with van der Waals surface area (Å²) in [6.07, 6.45) is 5.56. The van der Waals surface area contributed by atoms with Gasteiger partial charge in [-0.3, -0.25) is 19.1 Å². The number of aryl methyl sites for hydroxylation is 1. The molecule has 2 amide bonds. The maximum absolute atomic E-state index is 12.4. The summed E-state index contributed by atoms with van der Waals surface area (Å²) in [7, 11) is 0. The molecular formula is C16H23ClN4O4. The van der Waals surface area contributed by atoms with Crippen molar-refractivity contribution in [3.63, 3.8) is 0 Å². The smallest absolute Gasteiger partial charge is 0.323 e. The first-order valence-electron chi connectivity index (χ1n) is 8.31. The van der Waals surface area contributed by atoms with E-state index in [1.807, 2.05) is 0 Å². The van der Waals surface area contributed by atoms with Gasteiger partial charge >= 0.3 is 5.97 Å². The largest absolute Gasteiger partial charge is 0.480 e. The fourth-order valence-electron chi connectivity index (χ4n) is 3.11. The molecule has 8 nitrogen and oxygen atoms in total. The zero-order chi connectivity index (χ0) is 18.4. The molecule has 1 aromatic heterocycles. The third kappa shape index (κ3) is 5.74. The molecule has 9 heteroatoms. The monoisotopic (exact) mass is 370 g/mol. The Kier molecular flexibility index (Phi) is 6.81. The molecule has 0 radical (unpaired) electrons. The Bertz CT molecular complexity index is 633. The van der Waals surface area contributed by atoms with Crippen molar-refractivity contribution < 1.29 is 19.5 Å². The van der Waals surface area contributed by atoms with Gasteiger partial charge in [0.2, 0.25) is 11.8 Å². The van der Waals surface area contributed by atoms with Gasteiger partial charge in [-0.05, 0) is 19.3 Å². The summed E-state index contributed by atoms with van der Waals surface area (Å²) in [4.78, 5) is 38.3. The maximum Gasteiger partial charge on any atom is 0.323 e. The van der Waals surface area contributed by atoms with Crippen LogP contribution in [0.25, 0.3) is 0 Å². The average molecular weight is 371 g/mol. The van der Waals surface area contributed by atoms with Crippen molar-refractivity contribution in [1.29, 1.82) is 0 Å². The van der Waals surface area contributed by atoms with E-state index in [9.17, 15) is 14.4 Å². The fourth-order valence-corrected chi connectivity index (χ4v) is 3.27. The lowest BCUT2D eigenvalue weighted by atomic mass is 10.1. The molecule has 1 aliphatic rings. The fraction of sp³-hybridized carbons (Fsp3) is 0.625. The summed E-state index contributed by atoms with van der Waals surface area (Å²) in [5, 5.41) is 13.6. The SMILES string of the molecule is CC(=O)N(CC(=O)O)C1CCCN(C(=O)CCn2cc(Cl)cn2)CC1. The topological polar surface area (TPSA) is 95.7 Å². The zero-order valence-corrected chi connectivity index (χ0v) is 15.0. The second-order valence-electron chi connectivity index (χ2n) is 6.18. The molecule has 0 aliphatic carbocycles. The van der Waals surface area contributed by atoms with Gasteiger partial charge in [0.25, 0.3) is 0 Å². The van der Waals surface area contributed by atoms with Gasteiger partial charge in [-0.25, -0.2) is 0 Å². The number of hydrogen-bond donors (Lipinski definition) is 1. The van der Waals surface area contributed by atoms with Crippen molar-refractivity contribution in [2.45, 2.75) is 45.2 Å². The zero-order valence-electron chi connectivity index (χ0n) is 14.2. The number of carbonyl (C=O) groups is 3. The van der Waals surface area contributed by atoms with Gasteiger partial charge in [-0.2, -0.15) is 5.10 Å². The second kappa shape index (κ2) is 8.84. The van der Waals surface area contributed by atoms with Gasteiger partial charge in [-0.15, -0.1) is 0 Å². The predicted octanol–water partition coefficient (Wildman–Crippen LogP) is 1.24. The normalized spacial score (nSPS) is 17.8. The first kappa shape index (κ1) is 19.2. The van der Waals surface area contributed by atoms with E-state index in [4.69, 9.17) is 16.7 Å². The van der Waals surface area contributed by atoms with E-state index in [0.717, 1.165) is 6.42 Å². The van der Waals surface area contributed by atoms with Crippen molar-refractivity contribution in [2.75, 3.05) is 19.6 Å². The van der Waals surface area contributed by atoms with Crippen LogP contribution in [0.15, 0.2) is 12.4 Å². The van der Waals surface area contributed by atoms with Gasteiger partial charge < -0.3 is 14.9 Å². The Morgan fingerprint density at radius 2 is 2.12 bits per heavy atom. The summed E-state index contributed by atoms with van der Waals surface area (Å²) in [5.41, 5.74) is 0. The quantitative estimate of drug-likeness (QED) is 0.812. The number of halogens is 1. The summed E-state index contributed by atoms with van der Waals surface area (Å²) >= 11 is 5.80. The summed E-state index contributed by atoms with van der Waals surface area (Å²) in [5.74, 6) is -1.24. The van der Waals surface area contributed by atoms with Crippen LogP contribution >= 0.6 is 11.6 Å². The minimum atomic E-state index is -1.02. The first-order chi connectivity index (χ1) is 11.9. The Labute approximate surface area is 151 Å². The van der Waals surface area contributed by atoms with E-state index in [0.29, 0.717) is 43.9 Å². The van der Waals surface area contributed by atoms with Crippen molar-refractivity contribution in [3.8, 4) is 0 Å². The van der Waals surface area contributed by atoms with Crippen LogP contribution in [0.5, 0.6) is 0 Å². The van der Waals surface area contributed by atoms with Gasteiger partial charge in [0.05, 0.1) is 11.2 Å². The van der Waals surface area contributed by atoms with Crippen LogP contribution in [0.4, 0.5) is 0 Å². The number of amides is 2. The van der Waals surface area contributed by atoms with Crippen molar-refractivity contribution in [2.24, 2.45) is 0 Å². The molecular weight excluding hydrogens is 348 g/mol. The Morgan fingerprint density at radius 1 is 1.36 bits per heavy atom. The number of likely N-dealkylation sites (tertiary alicyclic amines) is 1. The lowest BCUT2D eigenvalue weighted by Gasteiger charge is -2.28. The van der Waals surface area contributed by atoms with Crippen LogP contribution in [0.1, 0.15) is 32.6 Å². The van der Waals surface area contributed by atoms with Crippen molar-refractivity contribution in [1.82, 2.24) is 19.6 Å². The van der Waals surface area contributed by atoms with Crippen molar-refractivity contribution >= 4 is 29.4 Å². The molecule has 2 heterocycles. The molecule has 1 fully saturated rings. The second-order valence-corrected chi connectivity index (χ2v) is 6.61. The maximum atomic E-state index is 12.4. The number of aromatic nitrogens is 2. The summed E-state index contributed by atoms with van der Waals surface area (Å²) < 4.78 is 1.63. The molecule has 0 aromatic carbocycles. The van der Waals surface area contributed by atoms with Crippen LogP contribution < -0.4 is 0 Å². The summed E-state index contributed by atoms with van der Waals surface area (Å²) in [6.45, 7) is 2.69. The highest BCUT2D eigenvalue weighted by molar-refractivity contribution is 6.30. The highest BCUT2D eigenvalue weighted by Gasteiger charge is 2.27. The van der Waals surface area contributed by atoms with E-state index in [-0.39, 0.29) is 24.4 Å². The molecule has 25 heavy (non-hydrogen) atoms. The van der Waals surface area contributed by atoms with Gasteiger partial charge in [0.15, 0.2) is 0 Å². The number of carbonyl (C=O) groups excluding carboxylic acids is 2. The lowest BCUT2D eigenvalue weighted by Crippen LogP contribution is -2.43. The molecule has 1 N–H and O–H groups in total. The molecule has 0 spiro atoms. The highest BCUT2D eigenvalue weighted by atomic mass is 35.5. The Morgan fingerprint density at radius 3 is 2.72 bits per heavy atom. The number of nitrogens with zero attached hydrogens (tertiary/aromatic N) is 4. The van der Waals surface area contributed by atoms with Gasteiger partial charge in [-0.1, -0.05) is 11.6 Å². The molecule has 1 saturated heterocycles. The van der Waals surface area contributed by atoms with Crippen LogP contribution in [-0.2, 0) is 20.9 Å². The molecule has 1 aromatic rings. The first-order valence-corrected chi connectivity index (χ1v) is 8.69. The molecule has 1 atom stereocenters. The van der Waals surface area contributed by atoms with E-state index < -0.39 is 5.97 Å². The minimum absolute atomic E-state index is 0.0277. The third-order valence-corrected chi connectivity index (χ3v) is 4.55. The molecule has 2 rings (SSSR count). The number of hydrogen-bond acceptors (Lipinski definition) is 4. The molecule has 0 saturated carbocycles. The van der Waals surface area contributed by atoms with Gasteiger partial charge in [0, 0.05) is 45.2 Å². The molecule has 1 unspecified atom stereocenters. The highest BCUT2D eigenvalue weighted by Crippen LogP contribution is 2.18. The van der Waals surface area contributed by atoms with Crippen LogP contribution in [0.3, 0.4) is 0 Å². The number of rotatable bonds is 6. The molecule has 1 aliphatic heterocycles. The van der Waals surface area contributed by atoms with Gasteiger partial charge in [0.1, 0.15) is 6.54 Å². The number of aliphatic carboxylic acids is 1. The molecule has 0 bridgehead atoms. The average Bonchev–Trinajstić information content (AvgIpc) is 2.81. The van der Waals surface area contributed by atoms with Crippen LogP contribution in [0.2, 0.25) is 5.02 Å². The standard InChI is InChI=1S/C16H23ClN4O4/c1-12(22)21(11-16(24)25)14-3-2-6-19(7-4-14)15(23)5-8-20-10-13(17)9-18-20/h9-10,14H,2-8,11H2,1H3,(H,24,25). The number of carboxylic acid groups (broad SMARTS) is 1. The minimum Gasteiger partial charge on any atom is -0.480 e. The Hall–Kier alpha value is -2.09. The van der Waals surface area contributed by atoms with E-state index in [2.05, 4.69) is 5.10 Å². The van der Waals surface area contributed by atoms with Crippen LogP contribution in [0, 0.1) is 0 Å². The van der Waals surface area contributed by atoms with E-state index in [1.165, 1.54) is 18.0 Å². The summed E-state index contributed by atoms with van der Waals surface area (Å²) in [6, 6.07) is -0.142. The third-order valence-electron chi connectivity index (χ3n) is 4.36. The predicted molar refractivity (Wildman–Crippen MR) is 91.1 cm³/mol. The molecule has 138 valence electrons. The van der Waals surface area contributed by atoms with Crippen LogP contribution in [-0.4, -0.2) is 68.1 Å². The van der Waals surface area contributed by atoms with E-state index >= 15 is 0 Å². The lowest BCUT2D eigenvalue weighted by molar-refractivity contribution is -0.145. The van der Waals surface area contributed by atoms with E-state index in [1.54, 1.807) is 15.8 Å². The Balaban J connectivity index is 1.87. The van der Waals surface area contributed by atoms with Crippen molar-refractivity contribution in [3.05, 3.63) is 17.4 Å². The number of carboxylic acids is 1.